The second-order valence-electron chi connectivity index (χ2n) is 9.28. The van der Waals surface area contributed by atoms with Crippen LogP contribution in [0.15, 0.2) is 48.5 Å². The molecule has 3 amide bonds. The van der Waals surface area contributed by atoms with E-state index in [0.29, 0.717) is 17.2 Å². The Hall–Kier alpha value is -4.03. The maximum atomic E-state index is 12.8. The summed E-state index contributed by atoms with van der Waals surface area (Å²) in [6.07, 6.45) is -0.980. The van der Waals surface area contributed by atoms with Crippen LogP contribution in [-0.2, 0) is 25.7 Å². The van der Waals surface area contributed by atoms with Gasteiger partial charge in [-0.1, -0.05) is 43.8 Å². The van der Waals surface area contributed by atoms with Crippen molar-refractivity contribution in [3.05, 3.63) is 65.6 Å². The molecule has 0 aliphatic heterocycles. The molecule has 1 unspecified atom stereocenters. The molecule has 1 aromatic carbocycles. The number of nitrogens with two attached hydrogens (primary N) is 2. The van der Waals surface area contributed by atoms with E-state index >= 15 is 0 Å². The summed E-state index contributed by atoms with van der Waals surface area (Å²) >= 11 is 0. The van der Waals surface area contributed by atoms with Crippen molar-refractivity contribution in [2.45, 2.75) is 52.5 Å². The van der Waals surface area contributed by atoms with Gasteiger partial charge in [0.25, 0.3) is 0 Å². The Morgan fingerprint density at radius 1 is 1.11 bits per heavy atom. The predicted molar refractivity (Wildman–Crippen MR) is 142 cm³/mol. The summed E-state index contributed by atoms with van der Waals surface area (Å²) in [5.41, 5.74) is 12.0. The minimum absolute atomic E-state index is 0. The lowest BCUT2D eigenvalue weighted by Gasteiger charge is -2.25. The minimum Gasteiger partial charge on any atom is -0.443 e. The number of carbonyl (C=O) groups is 3. The Bertz CT molecular complexity index is 1240. The second kappa shape index (κ2) is 13.0. The van der Waals surface area contributed by atoms with Gasteiger partial charge >= 0.3 is 6.09 Å². The predicted octanol–water partition coefficient (Wildman–Crippen LogP) is 2.09. The molecule has 0 aliphatic carbocycles. The molecule has 3 aromatic rings. The van der Waals surface area contributed by atoms with Crippen LogP contribution in [-0.4, -0.2) is 63.1 Å². The maximum Gasteiger partial charge on any atom is 0.410 e. The lowest BCUT2D eigenvalue weighted by molar-refractivity contribution is -0.126. The molecule has 0 radical (unpaired) electrons. The van der Waals surface area contributed by atoms with Crippen molar-refractivity contribution < 1.29 is 23.9 Å². The molecule has 0 saturated carbocycles. The number of benzene rings is 1. The highest BCUT2D eigenvalue weighted by atomic mass is 16.6. The zero-order valence-electron chi connectivity index (χ0n) is 21.4. The number of amides is 3. The molecule has 2 aromatic heterocycles. The standard InChI is InChI=1S/C25H33N7O5.CH4/c1-16(17-9-6-5-7-10-17)36-15-19(28-23(34)25(2,3)27)22-30-29-21-12-8-11-18(32(21)22)14-37-24(35)31(4)13-20(26)33;/h5-12,16,19H,13-15,27H2,1-4H3,(H2,26,33)(H,28,34);1H4/t16-,19?;/m0./s1. The molecular weight excluding hydrogens is 490 g/mol. The van der Waals surface area contributed by atoms with Crippen LogP contribution < -0.4 is 16.8 Å². The van der Waals surface area contributed by atoms with E-state index in [1.54, 1.807) is 36.4 Å². The number of ether oxygens (including phenoxy) is 2. The molecule has 38 heavy (non-hydrogen) atoms. The van der Waals surface area contributed by atoms with Crippen LogP contribution in [0.2, 0.25) is 0 Å². The molecule has 12 heteroatoms. The molecule has 0 bridgehead atoms. The fourth-order valence-electron chi connectivity index (χ4n) is 3.50. The molecule has 0 fully saturated rings. The van der Waals surface area contributed by atoms with Gasteiger partial charge in [-0.3, -0.25) is 14.0 Å². The summed E-state index contributed by atoms with van der Waals surface area (Å²) in [5.74, 6) is -0.680. The number of hydrogen-bond acceptors (Lipinski definition) is 8. The smallest absolute Gasteiger partial charge is 0.410 e. The van der Waals surface area contributed by atoms with Crippen molar-refractivity contribution in [1.82, 2.24) is 24.8 Å². The first kappa shape index (κ1) is 30.2. The largest absolute Gasteiger partial charge is 0.443 e. The number of likely N-dealkylation sites (N-methyl/N-ethyl adjacent to an activating group) is 1. The van der Waals surface area contributed by atoms with Gasteiger partial charge in [0, 0.05) is 7.05 Å². The van der Waals surface area contributed by atoms with Crippen LogP contribution >= 0.6 is 0 Å². The van der Waals surface area contributed by atoms with E-state index in [9.17, 15) is 14.4 Å². The average molecular weight is 528 g/mol. The molecule has 0 saturated heterocycles. The van der Waals surface area contributed by atoms with Gasteiger partial charge in [-0.2, -0.15) is 0 Å². The van der Waals surface area contributed by atoms with E-state index < -0.39 is 29.5 Å². The van der Waals surface area contributed by atoms with Crippen LogP contribution in [0, 0.1) is 0 Å². The van der Waals surface area contributed by atoms with Crippen LogP contribution in [0.5, 0.6) is 0 Å². The third-order valence-corrected chi connectivity index (χ3v) is 5.57. The third-order valence-electron chi connectivity index (χ3n) is 5.57. The summed E-state index contributed by atoms with van der Waals surface area (Å²) in [6, 6.07) is 14.2. The molecule has 2 atom stereocenters. The van der Waals surface area contributed by atoms with E-state index in [0.717, 1.165) is 10.5 Å². The number of aromatic nitrogens is 3. The first-order valence-electron chi connectivity index (χ1n) is 11.7. The zero-order chi connectivity index (χ0) is 27.2. The van der Waals surface area contributed by atoms with Gasteiger partial charge < -0.3 is 31.2 Å². The Balaban J connectivity index is 0.00000507. The van der Waals surface area contributed by atoms with Crippen molar-refractivity contribution in [2.24, 2.45) is 11.5 Å². The fourth-order valence-corrected chi connectivity index (χ4v) is 3.50. The first-order chi connectivity index (χ1) is 17.5. The Kier molecular flexibility index (Phi) is 10.3. The third kappa shape index (κ3) is 7.73. The maximum absolute atomic E-state index is 12.8. The van der Waals surface area contributed by atoms with Crippen LogP contribution in [0.3, 0.4) is 0 Å². The summed E-state index contributed by atoms with van der Waals surface area (Å²) in [7, 11) is 1.41. The van der Waals surface area contributed by atoms with Crippen molar-refractivity contribution in [1.29, 1.82) is 0 Å². The van der Waals surface area contributed by atoms with E-state index in [4.69, 9.17) is 20.9 Å². The Labute approximate surface area is 222 Å². The van der Waals surface area contributed by atoms with E-state index in [2.05, 4.69) is 15.5 Å². The lowest BCUT2D eigenvalue weighted by Crippen LogP contribution is -2.51. The molecule has 0 aliphatic rings. The number of primary amides is 1. The molecule has 206 valence electrons. The van der Waals surface area contributed by atoms with Crippen molar-refractivity contribution in [3.63, 3.8) is 0 Å². The van der Waals surface area contributed by atoms with Crippen molar-refractivity contribution >= 4 is 23.6 Å². The number of rotatable bonds is 11. The van der Waals surface area contributed by atoms with E-state index in [1.807, 2.05) is 37.3 Å². The molecule has 0 spiro atoms. The Morgan fingerprint density at radius 3 is 2.42 bits per heavy atom. The normalized spacial score (nSPS) is 12.8. The van der Waals surface area contributed by atoms with E-state index in [-0.39, 0.29) is 33.3 Å². The van der Waals surface area contributed by atoms with Gasteiger partial charge in [0.2, 0.25) is 11.8 Å². The summed E-state index contributed by atoms with van der Waals surface area (Å²) in [5, 5.41) is 11.4. The fraction of sp³-hybridized carbons (Fsp3) is 0.423. The molecule has 2 heterocycles. The SMILES string of the molecule is C.C[C@H](OCC(NC(=O)C(C)(C)N)c1nnc2cccc(COC(=O)N(C)CC(N)=O)n12)c1ccccc1. The minimum atomic E-state index is -1.15. The first-order valence-corrected chi connectivity index (χ1v) is 11.7. The number of nitrogens with zero attached hydrogens (tertiary/aromatic N) is 4. The summed E-state index contributed by atoms with van der Waals surface area (Å²) < 4.78 is 13.2. The number of fused-ring (bicyclic) bond motifs is 1. The number of nitrogens with one attached hydrogen (secondary N) is 1. The quantitative estimate of drug-likeness (QED) is 0.341. The van der Waals surface area contributed by atoms with Gasteiger partial charge in [0.1, 0.15) is 19.2 Å². The highest BCUT2D eigenvalue weighted by Crippen LogP contribution is 2.22. The lowest BCUT2D eigenvalue weighted by atomic mass is 10.1. The van der Waals surface area contributed by atoms with Gasteiger partial charge in [-0.15, -0.1) is 10.2 Å². The number of pyridine rings is 1. The highest BCUT2D eigenvalue weighted by Gasteiger charge is 2.29. The van der Waals surface area contributed by atoms with Gasteiger partial charge in [-0.05, 0) is 38.5 Å². The van der Waals surface area contributed by atoms with E-state index in [1.165, 1.54) is 7.05 Å². The average Bonchev–Trinajstić information content (AvgIpc) is 3.29. The van der Waals surface area contributed by atoms with Crippen LogP contribution in [0.25, 0.3) is 5.65 Å². The van der Waals surface area contributed by atoms with Crippen LogP contribution in [0.1, 0.15) is 57.4 Å². The molecule has 3 rings (SSSR count). The molecule has 12 nitrogen and oxygen atoms in total. The second-order valence-corrected chi connectivity index (χ2v) is 9.28. The molecular formula is C26H37N7O5. The summed E-state index contributed by atoms with van der Waals surface area (Å²) in [4.78, 5) is 37.3. The van der Waals surface area contributed by atoms with Gasteiger partial charge in [0.15, 0.2) is 11.5 Å². The zero-order valence-corrected chi connectivity index (χ0v) is 21.4. The van der Waals surface area contributed by atoms with Crippen molar-refractivity contribution in [3.8, 4) is 0 Å². The number of hydrogen-bond donors (Lipinski definition) is 3. The topological polar surface area (TPSA) is 167 Å². The van der Waals surface area contributed by atoms with Crippen molar-refractivity contribution in [2.75, 3.05) is 20.2 Å². The van der Waals surface area contributed by atoms with Gasteiger partial charge in [0.05, 0.1) is 23.9 Å². The van der Waals surface area contributed by atoms with Crippen LogP contribution in [0.4, 0.5) is 4.79 Å². The Morgan fingerprint density at radius 2 is 1.79 bits per heavy atom. The highest BCUT2D eigenvalue weighted by molar-refractivity contribution is 5.85. The monoisotopic (exact) mass is 527 g/mol. The summed E-state index contributed by atoms with van der Waals surface area (Å²) in [6.45, 7) is 4.77. The van der Waals surface area contributed by atoms with Gasteiger partial charge in [-0.25, -0.2) is 4.79 Å². The number of carbonyl (C=O) groups excluding carboxylic acids is 3. The molecule has 5 N–H and O–H groups in total.